The van der Waals surface area contributed by atoms with Crippen molar-refractivity contribution in [3.63, 3.8) is 0 Å². The number of benzene rings is 8. The van der Waals surface area contributed by atoms with E-state index < -0.39 is 17.1 Å². The fourth-order valence-electron chi connectivity index (χ4n) is 15.6. The van der Waals surface area contributed by atoms with Gasteiger partial charge in [-0.1, -0.05) is 243 Å². The van der Waals surface area contributed by atoms with E-state index in [0.717, 1.165) is 44.5 Å². The number of hydrogen-bond donors (Lipinski definition) is 3. The number of aromatic hydroxyl groups is 1. The first-order chi connectivity index (χ1) is 56.3. The minimum absolute atomic E-state index is 0.00791. The Morgan fingerprint density at radius 2 is 0.678 bits per heavy atom. The molecule has 0 spiro atoms. The van der Waals surface area contributed by atoms with E-state index in [4.69, 9.17) is 23.7 Å². The number of amides is 3. The topological polar surface area (TPSA) is 251 Å². The number of ether oxygens (including phenoxy) is 5. The number of pyridine rings is 3. The Balaban J connectivity index is 0.000000143. The van der Waals surface area contributed by atoms with Crippen molar-refractivity contribution in [1.82, 2.24) is 48.8 Å². The first-order valence-corrected chi connectivity index (χ1v) is 38.8. The second kappa shape index (κ2) is 37.2. The number of aromatic amines is 2. The van der Waals surface area contributed by atoms with E-state index >= 15 is 0 Å². The molecule has 0 saturated heterocycles. The maximum Gasteiger partial charge on any atom is 0.274 e. The van der Waals surface area contributed by atoms with Gasteiger partial charge >= 0.3 is 0 Å². The number of hydrogen-bond acceptors (Lipinski definition) is 14. The number of carbonyl (C=O) groups is 3. The predicted octanol–water partition coefficient (Wildman–Crippen LogP) is 14.4. The van der Waals surface area contributed by atoms with Crippen molar-refractivity contribution in [2.24, 2.45) is 0 Å². The van der Waals surface area contributed by atoms with Crippen LogP contribution in [0.15, 0.2) is 305 Å². The van der Waals surface area contributed by atoms with Crippen LogP contribution in [0.25, 0.3) is 22.3 Å². The summed E-state index contributed by atoms with van der Waals surface area (Å²) in [6.07, 6.45) is 11.6. The van der Waals surface area contributed by atoms with Crippen molar-refractivity contribution in [3.8, 4) is 39.5 Å². The number of halogens is 1. The zero-order valence-corrected chi connectivity index (χ0v) is 65.4. The molecule has 3 aliphatic rings. The van der Waals surface area contributed by atoms with Crippen LogP contribution < -0.4 is 25.8 Å². The van der Waals surface area contributed by atoms with Gasteiger partial charge in [-0.25, -0.2) is 0 Å². The molecule has 13 aromatic rings. The molecular weight excluding hydrogens is 1520 g/mol. The first-order valence-electron chi connectivity index (χ1n) is 38.0. The third kappa shape index (κ3) is 17.4. The molecule has 584 valence electrons. The Kier molecular flexibility index (Phi) is 25.5. The molecule has 22 nitrogen and oxygen atoms in total. The summed E-state index contributed by atoms with van der Waals surface area (Å²) in [5, 5.41) is 24.6. The molecule has 115 heavy (non-hydrogen) atoms. The number of carbonyl (C=O) groups excluding carboxylic acids is 3. The molecule has 8 heterocycles. The Morgan fingerprint density at radius 1 is 0.391 bits per heavy atom. The van der Waals surface area contributed by atoms with E-state index in [2.05, 4.69) is 109 Å². The van der Waals surface area contributed by atoms with Gasteiger partial charge in [0.25, 0.3) is 17.7 Å². The number of methoxy groups -OCH3 is 3. The molecule has 3 atom stereocenters. The highest BCUT2D eigenvalue weighted by Crippen LogP contribution is 2.45. The summed E-state index contributed by atoms with van der Waals surface area (Å²) in [7, 11) is 4.81. The van der Waals surface area contributed by atoms with Crippen LogP contribution >= 0.6 is 15.9 Å². The smallest absolute Gasteiger partial charge is 0.274 e. The minimum Gasteiger partial charge on any atom is -0.503 e. The monoisotopic (exact) mass is 1600 g/mol. The van der Waals surface area contributed by atoms with Gasteiger partial charge in [-0.15, -0.1) is 0 Å². The lowest BCUT2D eigenvalue weighted by molar-refractivity contribution is 0.0574. The van der Waals surface area contributed by atoms with Crippen LogP contribution in [0.4, 0.5) is 0 Å². The number of nitrogens with zero attached hydrogens (tertiary/aromatic N) is 8. The fourth-order valence-corrected chi connectivity index (χ4v) is 16.0. The quantitative estimate of drug-likeness (QED) is 0.0456. The van der Waals surface area contributed by atoms with Gasteiger partial charge < -0.3 is 57.2 Å². The van der Waals surface area contributed by atoms with Crippen molar-refractivity contribution in [1.29, 1.82) is 0 Å². The number of fused-ring (bicyclic) bond motifs is 3. The largest absolute Gasteiger partial charge is 0.503 e. The summed E-state index contributed by atoms with van der Waals surface area (Å²) in [6, 6.07) is 79.7. The van der Waals surface area contributed by atoms with E-state index in [1.165, 1.54) is 6.20 Å². The zero-order valence-electron chi connectivity index (χ0n) is 63.8. The second-order valence-electron chi connectivity index (χ2n) is 28.2. The molecule has 0 unspecified atom stereocenters. The van der Waals surface area contributed by atoms with E-state index in [1.807, 2.05) is 179 Å². The zero-order chi connectivity index (χ0) is 79.7. The third-order valence-corrected chi connectivity index (χ3v) is 21.8. The summed E-state index contributed by atoms with van der Waals surface area (Å²) < 4.78 is 34.3. The number of aromatic nitrogens is 7. The van der Waals surface area contributed by atoms with Gasteiger partial charge in [0.15, 0.2) is 34.3 Å². The highest BCUT2D eigenvalue weighted by atomic mass is 79.9. The van der Waals surface area contributed by atoms with Gasteiger partial charge in [0.1, 0.15) is 13.2 Å². The molecule has 5 aromatic heterocycles. The normalized spacial score (nSPS) is 15.0. The maximum absolute atomic E-state index is 14.2. The van der Waals surface area contributed by atoms with Crippen molar-refractivity contribution >= 4 is 33.7 Å². The van der Waals surface area contributed by atoms with Crippen LogP contribution in [-0.2, 0) is 27.4 Å². The van der Waals surface area contributed by atoms with Gasteiger partial charge in [-0.3, -0.25) is 39.0 Å². The van der Waals surface area contributed by atoms with Crippen LogP contribution in [0.3, 0.4) is 0 Å². The molecule has 0 saturated carbocycles. The minimum atomic E-state index is -0.602. The summed E-state index contributed by atoms with van der Waals surface area (Å²) in [4.78, 5) is 87.2. The third-order valence-electron chi connectivity index (χ3n) is 21.2. The Bertz CT molecular complexity index is 5480. The van der Waals surface area contributed by atoms with Crippen molar-refractivity contribution < 1.29 is 43.2 Å². The summed E-state index contributed by atoms with van der Waals surface area (Å²) in [5.41, 5.74) is 9.47. The molecule has 0 bridgehead atoms. The molecule has 0 aliphatic carbocycles. The molecule has 16 rings (SSSR count). The first kappa shape index (κ1) is 78.9. The van der Waals surface area contributed by atoms with Gasteiger partial charge in [0, 0.05) is 120 Å². The van der Waals surface area contributed by atoms with Gasteiger partial charge in [-0.05, 0) is 60.4 Å². The molecule has 0 radical (unpaired) electrons. The molecule has 0 fully saturated rings. The van der Waals surface area contributed by atoms with Gasteiger partial charge in [-0.2, -0.15) is 10.2 Å². The Hall–Kier alpha value is -12.8. The van der Waals surface area contributed by atoms with Crippen molar-refractivity contribution in [2.75, 3.05) is 80.4 Å². The molecule has 8 aromatic carbocycles. The second-order valence-corrected chi connectivity index (χ2v) is 29.0. The van der Waals surface area contributed by atoms with Crippen molar-refractivity contribution in [3.05, 3.63) is 383 Å². The molecule has 3 amide bonds. The van der Waals surface area contributed by atoms with Crippen LogP contribution in [0.5, 0.6) is 17.2 Å². The van der Waals surface area contributed by atoms with E-state index in [9.17, 15) is 33.9 Å². The lowest BCUT2D eigenvalue weighted by atomic mass is 9.83. The standard InChI is InChI=1S/C34H32N4O4.C31H29BrN2O4.C27H26N4O4/c1-41-18-17-37-22-29(30(25-13-7-3-8-14-25)26-15-9-4-10-16-26)38-21-28(27-19-35-36-20-27)32(39)33(31(38)34(37)40)42-23-24-11-5-2-6-12-24;1-37-18-17-33-20-26(27(23-13-7-3-8-14-23)24-15-9-4-10-16-24)34-19-25(32)29(35)30(28(34)31(33)36)38-21-22-11-5-2-6-12-22;1-35-13-12-30-17-22(23(18-8-4-2-5-9-18)19-10-6-3-7-11-19)31-16-21(20-14-28-29-15-20)25(32)26(33)24(31)27(30)34/h2-16,19-21,29-30H,17-18,22-23H2,1H3,(H,35,36);2-16,19,26-27H,17-18,20-21H2,1H3;2-11,14-16,22-23,33H,12-13,17H2,1H3,(H,28,29)/t29-;26-;22-/m111/s1. The fraction of sp³-hybridized carbons (Fsp3) is 0.217. The summed E-state index contributed by atoms with van der Waals surface area (Å²) in [5.74, 6) is -1.71. The SMILES string of the molecule is COCCN1C[C@H](C(c2ccccc2)c2ccccc2)n2cc(-c3cn[nH]c3)c(=O)c(O)c2C1=O.COCCN1C[C@H](C(c2ccccc2)c2ccccc2)n2cc(-c3cn[nH]c3)c(=O)c(OCc3ccccc3)c2C1=O.COCCN1C[C@H](C(c2ccccc2)c2ccccc2)n2cc(Br)c(=O)c(OCc3ccccc3)c2C1=O. The Labute approximate surface area is 673 Å². The predicted molar refractivity (Wildman–Crippen MR) is 443 cm³/mol. The van der Waals surface area contributed by atoms with Crippen LogP contribution in [0.2, 0.25) is 0 Å². The summed E-state index contributed by atoms with van der Waals surface area (Å²) in [6.45, 7) is 3.84. The molecule has 23 heteroatoms. The lowest BCUT2D eigenvalue weighted by Gasteiger charge is -2.41. The van der Waals surface area contributed by atoms with Crippen LogP contribution in [0.1, 0.15) is 112 Å². The average Bonchev–Trinajstić information content (AvgIpc) is 1.27. The van der Waals surface area contributed by atoms with Crippen LogP contribution in [-0.4, -0.2) is 152 Å². The van der Waals surface area contributed by atoms with Gasteiger partial charge in [0.05, 0.1) is 65.9 Å². The number of rotatable bonds is 26. The van der Waals surface area contributed by atoms with Crippen molar-refractivity contribution in [2.45, 2.75) is 49.1 Å². The maximum atomic E-state index is 14.2. The number of nitrogens with one attached hydrogen (secondary N) is 2. The van der Waals surface area contributed by atoms with E-state index in [0.29, 0.717) is 80.3 Å². The lowest BCUT2D eigenvalue weighted by Crippen LogP contribution is -2.47. The van der Waals surface area contributed by atoms with E-state index in [-0.39, 0.29) is 106 Å². The molecular formula is C92H87BrN10O12. The highest BCUT2D eigenvalue weighted by molar-refractivity contribution is 9.10. The molecule has 3 aliphatic heterocycles. The molecule has 3 N–H and O–H groups in total. The van der Waals surface area contributed by atoms with Gasteiger partial charge in [0.2, 0.25) is 16.3 Å². The Morgan fingerprint density at radius 3 is 0.991 bits per heavy atom. The van der Waals surface area contributed by atoms with Crippen LogP contribution in [0, 0.1) is 0 Å². The van der Waals surface area contributed by atoms with E-state index in [1.54, 1.807) is 77.8 Å². The highest BCUT2D eigenvalue weighted by Gasteiger charge is 2.44. The average molecular weight is 1600 g/mol. The number of H-pyrrole nitrogens is 2. The summed E-state index contributed by atoms with van der Waals surface area (Å²) >= 11 is 3.46.